The number of amides is 1. The Bertz CT molecular complexity index is 946. The summed E-state index contributed by atoms with van der Waals surface area (Å²) in [4.78, 5) is 22.7. The molecule has 0 bridgehead atoms. The minimum atomic E-state index is -4.07. The molecule has 0 radical (unpaired) electrons. The van der Waals surface area contributed by atoms with Gasteiger partial charge in [-0.25, -0.2) is 26.7 Å². The third kappa shape index (κ3) is 5.56. The van der Waals surface area contributed by atoms with Crippen molar-refractivity contribution < 1.29 is 31.5 Å². The van der Waals surface area contributed by atoms with E-state index in [9.17, 15) is 26.8 Å². The second-order valence-corrected chi connectivity index (χ2v) is 7.11. The summed E-state index contributed by atoms with van der Waals surface area (Å²) < 4.78 is 56.7. The molecular formula is C17H16F2N2O5S. The van der Waals surface area contributed by atoms with Gasteiger partial charge in [0.05, 0.1) is 17.6 Å². The van der Waals surface area contributed by atoms with Gasteiger partial charge in [0.2, 0.25) is 15.9 Å². The summed E-state index contributed by atoms with van der Waals surface area (Å²) in [7, 11) is -2.82. The molecule has 0 aliphatic carbocycles. The van der Waals surface area contributed by atoms with Crippen LogP contribution >= 0.6 is 0 Å². The van der Waals surface area contributed by atoms with Crippen LogP contribution in [0.15, 0.2) is 47.4 Å². The summed E-state index contributed by atoms with van der Waals surface area (Å²) in [5.41, 5.74) is 0.728. The van der Waals surface area contributed by atoms with Crippen molar-refractivity contribution in [2.24, 2.45) is 0 Å². The number of esters is 1. The van der Waals surface area contributed by atoms with Crippen LogP contribution in [0.1, 0.15) is 16.8 Å². The molecule has 2 rings (SSSR count). The molecule has 0 fully saturated rings. The SMILES string of the molecule is COC(=O)c1ccc(NC(=O)CCNS(=O)(=O)c2ccc(F)c(F)c2)cc1. The molecule has 0 saturated carbocycles. The summed E-state index contributed by atoms with van der Waals surface area (Å²) in [5.74, 6) is -3.44. The van der Waals surface area contributed by atoms with E-state index in [1.807, 2.05) is 0 Å². The van der Waals surface area contributed by atoms with E-state index in [1.165, 1.54) is 31.4 Å². The van der Waals surface area contributed by atoms with Crippen molar-refractivity contribution in [3.63, 3.8) is 0 Å². The highest BCUT2D eigenvalue weighted by Gasteiger charge is 2.16. The fourth-order valence-corrected chi connectivity index (χ4v) is 3.10. The van der Waals surface area contributed by atoms with Crippen molar-refractivity contribution in [1.82, 2.24) is 4.72 Å². The van der Waals surface area contributed by atoms with E-state index in [1.54, 1.807) is 0 Å². The van der Waals surface area contributed by atoms with Gasteiger partial charge in [0, 0.05) is 18.7 Å². The predicted octanol–water partition coefficient (Wildman–Crippen LogP) is 2.06. The minimum absolute atomic E-state index is 0.193. The Morgan fingerprint density at radius 1 is 1.04 bits per heavy atom. The maximum atomic E-state index is 13.1. The van der Waals surface area contributed by atoms with Crippen molar-refractivity contribution in [2.75, 3.05) is 19.0 Å². The molecule has 2 aromatic carbocycles. The van der Waals surface area contributed by atoms with Gasteiger partial charge in [0.15, 0.2) is 11.6 Å². The lowest BCUT2D eigenvalue weighted by Crippen LogP contribution is -2.28. The van der Waals surface area contributed by atoms with E-state index in [2.05, 4.69) is 14.8 Å². The van der Waals surface area contributed by atoms with Crippen molar-refractivity contribution >= 4 is 27.6 Å². The molecule has 7 nitrogen and oxygen atoms in total. The highest BCUT2D eigenvalue weighted by molar-refractivity contribution is 7.89. The van der Waals surface area contributed by atoms with E-state index in [0.717, 1.165) is 6.07 Å². The Morgan fingerprint density at radius 2 is 1.70 bits per heavy atom. The zero-order valence-electron chi connectivity index (χ0n) is 14.2. The Labute approximate surface area is 154 Å². The number of carbonyl (C=O) groups excluding carboxylic acids is 2. The lowest BCUT2D eigenvalue weighted by atomic mass is 10.2. The van der Waals surface area contributed by atoms with E-state index in [4.69, 9.17) is 0 Å². The number of rotatable bonds is 7. The van der Waals surface area contributed by atoms with E-state index in [-0.39, 0.29) is 13.0 Å². The first-order valence-corrected chi connectivity index (χ1v) is 9.14. The molecule has 0 heterocycles. The van der Waals surface area contributed by atoms with Crippen LogP contribution in [0.4, 0.5) is 14.5 Å². The van der Waals surface area contributed by atoms with Gasteiger partial charge in [-0.05, 0) is 42.5 Å². The Balaban J connectivity index is 1.88. The van der Waals surface area contributed by atoms with E-state index >= 15 is 0 Å². The van der Waals surface area contributed by atoms with Gasteiger partial charge >= 0.3 is 5.97 Å². The van der Waals surface area contributed by atoms with Gasteiger partial charge in [0.25, 0.3) is 0 Å². The number of ether oxygens (including phenoxy) is 1. The van der Waals surface area contributed by atoms with Crippen LogP contribution in [-0.4, -0.2) is 33.9 Å². The number of halogens is 2. The van der Waals surface area contributed by atoms with Gasteiger partial charge in [0.1, 0.15) is 0 Å². The van der Waals surface area contributed by atoms with Crippen LogP contribution in [0.2, 0.25) is 0 Å². The second-order valence-electron chi connectivity index (χ2n) is 5.34. The first-order valence-electron chi connectivity index (χ1n) is 7.66. The average molecular weight is 398 g/mol. The summed E-state index contributed by atoms with van der Waals surface area (Å²) in [5, 5.41) is 2.53. The summed E-state index contributed by atoms with van der Waals surface area (Å²) in [6.07, 6.45) is -0.193. The molecule has 10 heteroatoms. The van der Waals surface area contributed by atoms with Crippen LogP contribution in [0, 0.1) is 11.6 Å². The third-order valence-electron chi connectivity index (χ3n) is 3.44. The largest absolute Gasteiger partial charge is 0.465 e. The highest BCUT2D eigenvalue weighted by atomic mass is 32.2. The van der Waals surface area contributed by atoms with Gasteiger partial charge < -0.3 is 10.1 Å². The smallest absolute Gasteiger partial charge is 0.337 e. The molecule has 2 aromatic rings. The number of hydrogen-bond acceptors (Lipinski definition) is 5. The lowest BCUT2D eigenvalue weighted by Gasteiger charge is -2.08. The maximum absolute atomic E-state index is 13.1. The number of anilines is 1. The molecule has 2 N–H and O–H groups in total. The standard InChI is InChI=1S/C17H16F2N2O5S/c1-26-17(23)11-2-4-12(5-3-11)21-16(22)8-9-20-27(24,25)13-6-7-14(18)15(19)10-13/h2-7,10,20H,8-9H2,1H3,(H,21,22). The van der Waals surface area contributed by atoms with Crippen LogP contribution in [-0.2, 0) is 19.6 Å². The van der Waals surface area contributed by atoms with Crippen LogP contribution in [0.3, 0.4) is 0 Å². The highest BCUT2D eigenvalue weighted by Crippen LogP contribution is 2.14. The fraction of sp³-hybridized carbons (Fsp3) is 0.176. The van der Waals surface area contributed by atoms with Crippen LogP contribution < -0.4 is 10.0 Å². The first kappa shape index (κ1) is 20.5. The molecular weight excluding hydrogens is 382 g/mol. The molecule has 1 amide bonds. The minimum Gasteiger partial charge on any atom is -0.465 e. The van der Waals surface area contributed by atoms with Gasteiger partial charge in [-0.3, -0.25) is 4.79 Å². The molecule has 0 aliphatic heterocycles. The van der Waals surface area contributed by atoms with Crippen LogP contribution in [0.25, 0.3) is 0 Å². The van der Waals surface area contributed by atoms with Crippen molar-refractivity contribution in [1.29, 1.82) is 0 Å². The van der Waals surface area contributed by atoms with Crippen molar-refractivity contribution in [2.45, 2.75) is 11.3 Å². The van der Waals surface area contributed by atoms with E-state index < -0.39 is 38.4 Å². The molecule has 0 aromatic heterocycles. The number of carbonyl (C=O) groups is 2. The first-order chi connectivity index (χ1) is 12.7. The fourth-order valence-electron chi connectivity index (χ4n) is 2.06. The van der Waals surface area contributed by atoms with Crippen LogP contribution in [0.5, 0.6) is 0 Å². The number of benzene rings is 2. The molecule has 0 saturated heterocycles. The monoisotopic (exact) mass is 398 g/mol. The Morgan fingerprint density at radius 3 is 2.30 bits per heavy atom. The lowest BCUT2D eigenvalue weighted by molar-refractivity contribution is -0.116. The average Bonchev–Trinajstić information content (AvgIpc) is 2.63. The molecule has 144 valence electrons. The third-order valence-corrected chi connectivity index (χ3v) is 4.89. The topological polar surface area (TPSA) is 102 Å². The second kappa shape index (κ2) is 8.69. The molecule has 0 aliphatic rings. The number of nitrogens with one attached hydrogen (secondary N) is 2. The zero-order chi connectivity index (χ0) is 20.0. The summed E-state index contributed by atoms with van der Waals surface area (Å²) >= 11 is 0. The summed E-state index contributed by atoms with van der Waals surface area (Å²) in [6.45, 7) is -0.243. The van der Waals surface area contributed by atoms with Gasteiger partial charge in [-0.15, -0.1) is 0 Å². The van der Waals surface area contributed by atoms with Gasteiger partial charge in [-0.2, -0.15) is 0 Å². The quantitative estimate of drug-likeness (QED) is 0.695. The predicted molar refractivity (Wildman–Crippen MR) is 92.6 cm³/mol. The van der Waals surface area contributed by atoms with Crippen molar-refractivity contribution in [3.05, 3.63) is 59.7 Å². The Kier molecular flexibility index (Phi) is 6.59. The molecule has 0 atom stereocenters. The maximum Gasteiger partial charge on any atom is 0.337 e. The number of hydrogen-bond donors (Lipinski definition) is 2. The number of sulfonamides is 1. The normalized spacial score (nSPS) is 11.1. The van der Waals surface area contributed by atoms with Gasteiger partial charge in [-0.1, -0.05) is 0 Å². The number of methoxy groups -OCH3 is 1. The molecule has 0 unspecified atom stereocenters. The molecule has 27 heavy (non-hydrogen) atoms. The molecule has 0 spiro atoms. The Hall–Kier alpha value is -2.85. The van der Waals surface area contributed by atoms with E-state index in [0.29, 0.717) is 23.4 Å². The summed E-state index contributed by atoms with van der Waals surface area (Å²) in [6, 6.07) is 8.10. The zero-order valence-corrected chi connectivity index (χ0v) is 15.0. The van der Waals surface area contributed by atoms with Crippen molar-refractivity contribution in [3.8, 4) is 0 Å².